The van der Waals surface area contributed by atoms with E-state index >= 15 is 0 Å². The van der Waals surface area contributed by atoms with E-state index in [1.165, 1.54) is 54.6 Å². The molecular formula is C32H22N2O9S2. The highest BCUT2D eigenvalue weighted by Gasteiger charge is 2.21. The number of rotatable bonds is 7. The quantitative estimate of drug-likeness (QED) is 0.113. The van der Waals surface area contributed by atoms with E-state index in [4.69, 9.17) is 4.42 Å². The van der Waals surface area contributed by atoms with Crippen LogP contribution in [0.1, 0.15) is 10.4 Å². The van der Waals surface area contributed by atoms with Gasteiger partial charge in [-0.2, -0.15) is 16.8 Å². The Morgan fingerprint density at radius 1 is 0.689 bits per heavy atom. The number of nitrogens with one attached hydrogen (secondary N) is 1. The molecule has 0 amide bonds. The molecule has 45 heavy (non-hydrogen) atoms. The second-order valence-corrected chi connectivity index (χ2v) is 12.8. The molecule has 6 rings (SSSR count). The van der Waals surface area contributed by atoms with Gasteiger partial charge in [-0.05, 0) is 84.4 Å². The predicted molar refractivity (Wildman–Crippen MR) is 166 cm³/mol. The van der Waals surface area contributed by atoms with Crippen molar-refractivity contribution in [3.63, 3.8) is 0 Å². The summed E-state index contributed by atoms with van der Waals surface area (Å²) in [6, 6.07) is 27.9. The summed E-state index contributed by atoms with van der Waals surface area (Å²) >= 11 is 0. The van der Waals surface area contributed by atoms with Crippen LogP contribution < -0.4 is 10.7 Å². The Balaban J connectivity index is 1.51. The van der Waals surface area contributed by atoms with E-state index in [-0.39, 0.29) is 15.4 Å². The molecule has 0 unspecified atom stereocenters. The third kappa shape index (κ3) is 6.18. The average Bonchev–Trinajstić information content (AvgIpc) is 2.99. The molecule has 0 spiro atoms. The lowest BCUT2D eigenvalue weighted by atomic mass is 9.90. The number of fused-ring (bicyclic) bond motifs is 2. The second-order valence-electron chi connectivity index (χ2n) is 9.92. The zero-order chi connectivity index (χ0) is 31.9. The Kier molecular flexibility index (Phi) is 7.46. The summed E-state index contributed by atoms with van der Waals surface area (Å²) in [4.78, 5) is 16.2. The molecular weight excluding hydrogens is 620 g/mol. The van der Waals surface area contributed by atoms with Crippen LogP contribution in [0.2, 0.25) is 0 Å². The van der Waals surface area contributed by atoms with Crippen molar-refractivity contribution in [2.45, 2.75) is 9.79 Å². The van der Waals surface area contributed by atoms with Gasteiger partial charge in [-0.3, -0.25) is 9.11 Å². The van der Waals surface area contributed by atoms with Gasteiger partial charge in [0.25, 0.3) is 20.2 Å². The van der Waals surface area contributed by atoms with E-state index in [9.17, 15) is 35.8 Å². The molecule has 0 bridgehead atoms. The van der Waals surface area contributed by atoms with Crippen LogP contribution in [0.15, 0.2) is 128 Å². The number of carboxylic acid groups (broad SMARTS) is 1. The predicted octanol–water partition coefficient (Wildman–Crippen LogP) is 6.37. The SMILES string of the molecule is O=C(O)c1ccccc1-c1c2cc/c(=N/c3ccc(S(=O)(=O)O)cc3)cc-2oc2cc(Nc3ccc(S(=O)(=O)O)cc3)ccc12. The van der Waals surface area contributed by atoms with Crippen LogP contribution in [-0.2, 0) is 20.2 Å². The molecule has 0 radical (unpaired) electrons. The molecule has 4 aromatic rings. The first-order valence-corrected chi connectivity index (χ1v) is 16.0. The molecule has 0 fully saturated rings. The van der Waals surface area contributed by atoms with E-state index in [1.54, 1.807) is 54.6 Å². The van der Waals surface area contributed by atoms with E-state index in [1.807, 2.05) is 0 Å². The molecule has 0 saturated carbocycles. The molecule has 13 heteroatoms. The van der Waals surface area contributed by atoms with Crippen LogP contribution >= 0.6 is 0 Å². The minimum absolute atomic E-state index is 0.0973. The normalized spacial score (nSPS) is 12.4. The Labute approximate surface area is 256 Å². The zero-order valence-corrected chi connectivity index (χ0v) is 24.6. The lowest BCUT2D eigenvalue weighted by Gasteiger charge is -2.17. The van der Waals surface area contributed by atoms with Crippen LogP contribution in [0, 0.1) is 0 Å². The standard InChI is InChI=1S/C32H22N2O9S2/c35-32(36)26-4-2-1-3-25(26)31-27-15-9-21(33-19-5-11-23(12-6-19)44(37,38)39)17-29(27)43-30-18-22(10-16-28(30)31)34-20-7-13-24(14-8-20)45(40,41)42/h1-18,33H,(H,35,36)(H,37,38,39)(H,40,41,42)/b34-22-. The monoisotopic (exact) mass is 642 g/mol. The average molecular weight is 643 g/mol. The van der Waals surface area contributed by atoms with Gasteiger partial charge in [0.1, 0.15) is 11.3 Å². The Morgan fingerprint density at radius 3 is 1.96 bits per heavy atom. The molecule has 0 atom stereocenters. The zero-order valence-electron chi connectivity index (χ0n) is 22.9. The highest BCUT2D eigenvalue weighted by atomic mass is 32.2. The van der Waals surface area contributed by atoms with Gasteiger partial charge in [-0.1, -0.05) is 18.2 Å². The van der Waals surface area contributed by atoms with Gasteiger partial charge < -0.3 is 14.8 Å². The van der Waals surface area contributed by atoms with Crippen molar-refractivity contribution in [3.05, 3.63) is 120 Å². The lowest BCUT2D eigenvalue weighted by molar-refractivity contribution is 0.0697. The van der Waals surface area contributed by atoms with Crippen molar-refractivity contribution in [1.29, 1.82) is 0 Å². The number of hydrogen-bond donors (Lipinski definition) is 4. The molecule has 0 aromatic heterocycles. The van der Waals surface area contributed by atoms with Crippen molar-refractivity contribution in [2.24, 2.45) is 4.99 Å². The first-order chi connectivity index (χ1) is 21.4. The van der Waals surface area contributed by atoms with Crippen molar-refractivity contribution >= 4 is 54.2 Å². The number of benzene rings is 5. The summed E-state index contributed by atoms with van der Waals surface area (Å²) in [6.45, 7) is 0. The maximum Gasteiger partial charge on any atom is 0.336 e. The third-order valence-electron chi connectivity index (χ3n) is 6.97. The number of hydrogen-bond acceptors (Lipinski definition) is 8. The van der Waals surface area contributed by atoms with Gasteiger partial charge in [0.05, 0.1) is 26.4 Å². The summed E-state index contributed by atoms with van der Waals surface area (Å²) in [6.07, 6.45) is 0. The summed E-state index contributed by atoms with van der Waals surface area (Å²) in [5.74, 6) is -0.706. The molecule has 11 nitrogen and oxygen atoms in total. The maximum absolute atomic E-state index is 12.2. The number of nitrogens with zero attached hydrogens (tertiary/aromatic N) is 1. The number of aromatic carboxylic acids is 1. The molecule has 4 aromatic carbocycles. The number of anilines is 2. The van der Waals surface area contributed by atoms with Crippen LogP contribution in [0.3, 0.4) is 0 Å². The lowest BCUT2D eigenvalue weighted by Crippen LogP contribution is -2.04. The summed E-state index contributed by atoms with van der Waals surface area (Å²) in [7, 11) is -8.69. The van der Waals surface area contributed by atoms with E-state index in [0.717, 1.165) is 0 Å². The topological polar surface area (TPSA) is 184 Å². The molecule has 1 aliphatic carbocycles. The van der Waals surface area contributed by atoms with Gasteiger partial charge >= 0.3 is 5.97 Å². The van der Waals surface area contributed by atoms with Crippen LogP contribution in [0.5, 0.6) is 0 Å². The fraction of sp³-hybridized carbons (Fsp3) is 0. The molecule has 226 valence electrons. The van der Waals surface area contributed by atoms with Crippen LogP contribution in [0.4, 0.5) is 17.1 Å². The third-order valence-corrected chi connectivity index (χ3v) is 8.70. The van der Waals surface area contributed by atoms with Gasteiger partial charge in [-0.25, -0.2) is 9.79 Å². The minimum Gasteiger partial charge on any atom is -0.478 e. The Morgan fingerprint density at radius 2 is 1.31 bits per heavy atom. The first-order valence-electron chi connectivity index (χ1n) is 13.2. The number of carbonyl (C=O) groups is 1. The van der Waals surface area contributed by atoms with Gasteiger partial charge in [0.15, 0.2) is 0 Å². The Bertz CT molecular complexity index is 2370. The summed E-state index contributed by atoms with van der Waals surface area (Å²) in [5, 5.41) is 14.2. The smallest absolute Gasteiger partial charge is 0.336 e. The molecule has 4 N–H and O–H groups in total. The van der Waals surface area contributed by atoms with Crippen molar-refractivity contribution < 1.29 is 40.3 Å². The first kappa shape index (κ1) is 29.7. The minimum atomic E-state index is -4.35. The fourth-order valence-corrected chi connectivity index (χ4v) is 5.88. The fourth-order valence-electron chi connectivity index (χ4n) is 4.92. The van der Waals surface area contributed by atoms with Crippen LogP contribution in [-0.4, -0.2) is 37.0 Å². The van der Waals surface area contributed by atoms with Gasteiger partial charge in [-0.15, -0.1) is 0 Å². The molecule has 0 saturated heterocycles. The van der Waals surface area contributed by atoms with Gasteiger partial charge in [0, 0.05) is 40.0 Å². The molecule has 1 aliphatic heterocycles. The van der Waals surface area contributed by atoms with E-state index in [0.29, 0.717) is 55.8 Å². The van der Waals surface area contributed by atoms with E-state index < -0.39 is 26.2 Å². The van der Waals surface area contributed by atoms with Crippen molar-refractivity contribution in [1.82, 2.24) is 0 Å². The largest absolute Gasteiger partial charge is 0.478 e. The van der Waals surface area contributed by atoms with Crippen molar-refractivity contribution in [2.75, 3.05) is 5.32 Å². The highest BCUT2D eigenvalue weighted by molar-refractivity contribution is 7.86. The van der Waals surface area contributed by atoms with E-state index in [2.05, 4.69) is 10.3 Å². The highest BCUT2D eigenvalue weighted by Crippen LogP contribution is 2.42. The Hall–Kier alpha value is -5.34. The summed E-state index contributed by atoms with van der Waals surface area (Å²) < 4.78 is 70.4. The van der Waals surface area contributed by atoms with Crippen LogP contribution in [0.25, 0.3) is 33.4 Å². The number of carboxylic acids is 1. The molecule has 1 heterocycles. The second kappa shape index (κ2) is 11.3. The van der Waals surface area contributed by atoms with Gasteiger partial charge in [0.2, 0.25) is 0 Å². The summed E-state index contributed by atoms with van der Waals surface area (Å²) in [5.41, 5.74) is 3.78. The molecule has 2 aliphatic rings. The van der Waals surface area contributed by atoms with Crippen molar-refractivity contribution in [3.8, 4) is 22.5 Å². The maximum atomic E-state index is 12.2.